The fourth-order valence-electron chi connectivity index (χ4n) is 3.74. The number of nitrogens with zero attached hydrogens (tertiary/aromatic N) is 5. The topological polar surface area (TPSA) is 114 Å². The van der Waals surface area contributed by atoms with Gasteiger partial charge in [-0.2, -0.15) is 10.2 Å². The minimum atomic E-state index is -0.303. The van der Waals surface area contributed by atoms with E-state index in [0.717, 1.165) is 31.6 Å². The molecule has 1 atom stereocenters. The van der Waals surface area contributed by atoms with E-state index >= 15 is 0 Å². The molecule has 2 aromatic rings. The summed E-state index contributed by atoms with van der Waals surface area (Å²) in [4.78, 5) is 34.5. The molecule has 2 amide bonds. The Bertz CT molecular complexity index is 1040. The van der Waals surface area contributed by atoms with Crippen LogP contribution in [0.25, 0.3) is 0 Å². The smallest absolute Gasteiger partial charge is 0.269 e. The Hall–Kier alpha value is -3.22. The summed E-state index contributed by atoms with van der Waals surface area (Å²) in [6, 6.07) is 9.50. The lowest BCUT2D eigenvalue weighted by Crippen LogP contribution is -2.45. The number of halogens is 1. The van der Waals surface area contributed by atoms with Crippen molar-refractivity contribution in [3.05, 3.63) is 52.4 Å². The standard InChI is InChI=1S/C23H28ClN7O2/c1-15(2)12-31(22-20(24)11-26-21(10-25)28-22)29-23(33)18-6-4-17(5-7-18)13-30-9-8-19(14-30)27-16(3)32/h4-7,11,15,19H,8-9,12-14H2,1-3H3,(H,27,32)(H,29,33)/t19-/m0/s1. The van der Waals surface area contributed by atoms with Crippen LogP contribution in [0.3, 0.4) is 0 Å². The Kier molecular flexibility index (Phi) is 8.20. The predicted molar refractivity (Wildman–Crippen MR) is 125 cm³/mol. The van der Waals surface area contributed by atoms with E-state index in [-0.39, 0.29) is 40.4 Å². The summed E-state index contributed by atoms with van der Waals surface area (Å²) >= 11 is 6.25. The molecule has 1 aliphatic rings. The fourth-order valence-corrected chi connectivity index (χ4v) is 3.93. The predicted octanol–water partition coefficient (Wildman–Crippen LogP) is 2.52. The number of aromatic nitrogens is 2. The molecule has 1 aromatic carbocycles. The normalized spacial score (nSPS) is 15.8. The second kappa shape index (κ2) is 11.1. The summed E-state index contributed by atoms with van der Waals surface area (Å²) in [6.45, 7) is 8.49. The maximum absolute atomic E-state index is 12.9. The Balaban J connectivity index is 1.66. The molecular formula is C23H28ClN7O2. The van der Waals surface area contributed by atoms with Crippen molar-refractivity contribution in [3.63, 3.8) is 0 Å². The molecule has 9 nitrogen and oxygen atoms in total. The molecule has 33 heavy (non-hydrogen) atoms. The van der Waals surface area contributed by atoms with Crippen LogP contribution < -0.4 is 15.8 Å². The van der Waals surface area contributed by atoms with Gasteiger partial charge in [-0.1, -0.05) is 37.6 Å². The molecular weight excluding hydrogens is 442 g/mol. The van der Waals surface area contributed by atoms with Crippen LogP contribution in [0.2, 0.25) is 5.02 Å². The molecule has 0 radical (unpaired) electrons. The summed E-state index contributed by atoms with van der Waals surface area (Å²) in [5.74, 6) is 0.151. The summed E-state index contributed by atoms with van der Waals surface area (Å²) in [5, 5.41) is 13.9. The highest BCUT2D eigenvalue weighted by Gasteiger charge is 2.23. The summed E-state index contributed by atoms with van der Waals surface area (Å²) in [6.07, 6.45) is 2.29. The molecule has 0 aliphatic carbocycles. The number of carbonyl (C=O) groups excluding carboxylic acids is 2. The number of nitriles is 1. The van der Waals surface area contributed by atoms with Gasteiger partial charge in [-0.3, -0.25) is 24.9 Å². The van der Waals surface area contributed by atoms with Gasteiger partial charge in [0.05, 0.1) is 6.20 Å². The number of hydrazine groups is 1. The Morgan fingerprint density at radius 3 is 2.70 bits per heavy atom. The van der Waals surface area contributed by atoms with Crippen LogP contribution >= 0.6 is 11.6 Å². The number of nitrogens with one attached hydrogen (secondary N) is 2. The van der Waals surface area contributed by atoms with E-state index in [0.29, 0.717) is 12.1 Å². The van der Waals surface area contributed by atoms with Crippen LogP contribution in [-0.2, 0) is 11.3 Å². The Labute approximate surface area is 198 Å². The van der Waals surface area contributed by atoms with Gasteiger partial charge in [0.2, 0.25) is 11.7 Å². The van der Waals surface area contributed by atoms with Crippen LogP contribution in [0.15, 0.2) is 30.5 Å². The van der Waals surface area contributed by atoms with Crippen LogP contribution in [0.4, 0.5) is 5.82 Å². The number of likely N-dealkylation sites (tertiary alicyclic amines) is 1. The maximum Gasteiger partial charge on any atom is 0.269 e. The van der Waals surface area contributed by atoms with Gasteiger partial charge in [0, 0.05) is 44.7 Å². The van der Waals surface area contributed by atoms with Crippen molar-refractivity contribution in [2.45, 2.75) is 39.8 Å². The summed E-state index contributed by atoms with van der Waals surface area (Å²) in [7, 11) is 0. The molecule has 0 bridgehead atoms. The van der Waals surface area contributed by atoms with Crippen molar-refractivity contribution in [2.24, 2.45) is 5.92 Å². The third kappa shape index (κ3) is 6.88. The molecule has 3 rings (SSSR count). The molecule has 1 aliphatic heterocycles. The van der Waals surface area contributed by atoms with E-state index < -0.39 is 0 Å². The second-order valence-electron chi connectivity index (χ2n) is 8.54. The summed E-state index contributed by atoms with van der Waals surface area (Å²) < 4.78 is 0. The zero-order valence-corrected chi connectivity index (χ0v) is 19.8. The summed E-state index contributed by atoms with van der Waals surface area (Å²) in [5.41, 5.74) is 4.43. The third-order valence-electron chi connectivity index (χ3n) is 5.17. The molecule has 2 heterocycles. The Morgan fingerprint density at radius 2 is 2.06 bits per heavy atom. The lowest BCUT2D eigenvalue weighted by Gasteiger charge is -2.26. The van der Waals surface area contributed by atoms with Crippen LogP contribution in [-0.4, -0.2) is 52.4 Å². The molecule has 0 unspecified atom stereocenters. The second-order valence-corrected chi connectivity index (χ2v) is 8.95. The van der Waals surface area contributed by atoms with Crippen LogP contribution in [0.5, 0.6) is 0 Å². The van der Waals surface area contributed by atoms with Gasteiger partial charge in [0.15, 0.2) is 5.82 Å². The minimum absolute atomic E-state index is 0.00386. The molecule has 1 aromatic heterocycles. The van der Waals surface area contributed by atoms with E-state index in [9.17, 15) is 9.59 Å². The molecule has 1 saturated heterocycles. The molecule has 0 spiro atoms. The number of rotatable bonds is 8. The quantitative estimate of drug-likeness (QED) is 0.571. The molecule has 1 fully saturated rings. The van der Waals surface area contributed by atoms with Crippen molar-refractivity contribution in [1.29, 1.82) is 5.26 Å². The number of amides is 2. The molecule has 174 valence electrons. The minimum Gasteiger partial charge on any atom is -0.352 e. The van der Waals surface area contributed by atoms with Crippen molar-refractivity contribution in [2.75, 3.05) is 24.6 Å². The van der Waals surface area contributed by atoms with E-state index in [1.54, 1.807) is 17.1 Å². The first-order valence-corrected chi connectivity index (χ1v) is 11.2. The van der Waals surface area contributed by atoms with Gasteiger partial charge in [-0.25, -0.2) is 4.98 Å². The molecule has 2 N–H and O–H groups in total. The molecule has 0 saturated carbocycles. The van der Waals surface area contributed by atoms with Gasteiger partial charge in [-0.15, -0.1) is 0 Å². The average Bonchev–Trinajstić information content (AvgIpc) is 3.19. The number of benzene rings is 1. The van der Waals surface area contributed by atoms with Gasteiger partial charge in [0.25, 0.3) is 5.91 Å². The lowest BCUT2D eigenvalue weighted by atomic mass is 10.1. The Morgan fingerprint density at radius 1 is 1.33 bits per heavy atom. The number of carbonyl (C=O) groups is 2. The van der Waals surface area contributed by atoms with Crippen molar-refractivity contribution in [1.82, 2.24) is 25.6 Å². The number of hydrogen-bond acceptors (Lipinski definition) is 7. The highest BCUT2D eigenvalue weighted by Crippen LogP contribution is 2.22. The largest absolute Gasteiger partial charge is 0.352 e. The van der Waals surface area contributed by atoms with Gasteiger partial charge in [0.1, 0.15) is 11.1 Å². The first-order chi connectivity index (χ1) is 15.7. The van der Waals surface area contributed by atoms with Crippen LogP contribution in [0.1, 0.15) is 48.9 Å². The van der Waals surface area contributed by atoms with Crippen molar-refractivity contribution < 1.29 is 9.59 Å². The van der Waals surface area contributed by atoms with Gasteiger partial charge in [-0.05, 0) is 30.0 Å². The van der Waals surface area contributed by atoms with E-state index in [1.807, 2.05) is 32.0 Å². The van der Waals surface area contributed by atoms with Crippen molar-refractivity contribution >= 4 is 29.2 Å². The van der Waals surface area contributed by atoms with Crippen molar-refractivity contribution in [3.8, 4) is 6.07 Å². The van der Waals surface area contributed by atoms with E-state index in [2.05, 4.69) is 25.6 Å². The zero-order valence-electron chi connectivity index (χ0n) is 19.0. The number of anilines is 1. The average molecular weight is 470 g/mol. The lowest BCUT2D eigenvalue weighted by molar-refractivity contribution is -0.119. The highest BCUT2D eigenvalue weighted by molar-refractivity contribution is 6.32. The third-order valence-corrected chi connectivity index (χ3v) is 5.43. The van der Waals surface area contributed by atoms with E-state index in [1.165, 1.54) is 13.1 Å². The molecule has 10 heteroatoms. The van der Waals surface area contributed by atoms with Crippen LogP contribution in [0, 0.1) is 17.2 Å². The number of hydrogen-bond donors (Lipinski definition) is 2. The first kappa shape index (κ1) is 24.4. The first-order valence-electron chi connectivity index (χ1n) is 10.8. The zero-order chi connectivity index (χ0) is 24.0. The fraction of sp³-hybridized carbons (Fsp3) is 0.435. The van der Waals surface area contributed by atoms with E-state index in [4.69, 9.17) is 16.9 Å². The highest BCUT2D eigenvalue weighted by atomic mass is 35.5. The SMILES string of the molecule is CC(=O)N[C@H]1CCN(Cc2ccc(C(=O)NN(CC(C)C)c3nc(C#N)ncc3Cl)cc2)C1. The van der Waals surface area contributed by atoms with Gasteiger partial charge < -0.3 is 5.32 Å². The monoisotopic (exact) mass is 469 g/mol. The maximum atomic E-state index is 12.9. The van der Waals surface area contributed by atoms with Gasteiger partial charge >= 0.3 is 0 Å².